The van der Waals surface area contributed by atoms with Crippen LogP contribution in [0.2, 0.25) is 0 Å². The third kappa shape index (κ3) is 4.83. The molecule has 7 heteroatoms. The number of para-hydroxylation sites is 1. The van der Waals surface area contributed by atoms with E-state index in [1.807, 2.05) is 13.0 Å². The highest BCUT2D eigenvalue weighted by Crippen LogP contribution is 2.27. The van der Waals surface area contributed by atoms with E-state index in [1.165, 1.54) is 42.2 Å². The largest absolute Gasteiger partial charge is 0.348 e. The summed E-state index contributed by atoms with van der Waals surface area (Å²) in [6.45, 7) is 3.59. The van der Waals surface area contributed by atoms with Gasteiger partial charge in [0.25, 0.3) is 0 Å². The summed E-state index contributed by atoms with van der Waals surface area (Å²) in [5.74, 6) is -1.13. The van der Waals surface area contributed by atoms with Gasteiger partial charge in [0.15, 0.2) is 0 Å². The van der Waals surface area contributed by atoms with Crippen molar-refractivity contribution in [2.45, 2.75) is 58.0 Å². The molecule has 0 saturated carbocycles. The molecule has 0 aromatic heterocycles. The van der Waals surface area contributed by atoms with Crippen molar-refractivity contribution >= 4 is 21.6 Å². The SMILES string of the molecule is CC[C@@H](C(=O)N[C@H](C)c1ccc2c(c1)CCCC2)N(c1ccccc1F)S(C)(=O)=O. The number of hydrogen-bond acceptors (Lipinski definition) is 3. The molecule has 1 amide bonds. The van der Waals surface area contributed by atoms with Crippen LogP contribution in [0.3, 0.4) is 0 Å². The third-order valence-corrected chi connectivity index (χ3v) is 6.82. The van der Waals surface area contributed by atoms with Crippen molar-refractivity contribution in [2.24, 2.45) is 0 Å². The monoisotopic (exact) mass is 432 g/mol. The van der Waals surface area contributed by atoms with Crippen molar-refractivity contribution in [2.75, 3.05) is 10.6 Å². The van der Waals surface area contributed by atoms with Gasteiger partial charge in [0, 0.05) is 0 Å². The molecule has 1 aliphatic carbocycles. The Morgan fingerprint density at radius 2 is 1.80 bits per heavy atom. The first kappa shape index (κ1) is 22.3. The standard InChI is InChI=1S/C23H29FN2O3S/c1-4-21(26(30(3,28)29)22-12-8-7-11-20(22)24)23(27)25-16(2)18-14-13-17-9-5-6-10-19(17)15-18/h7-8,11-16,21H,4-6,9-10H2,1-3H3,(H,25,27)/t16-,21+/m1/s1. The van der Waals surface area contributed by atoms with Crippen LogP contribution in [0, 0.1) is 5.82 Å². The van der Waals surface area contributed by atoms with E-state index in [0.717, 1.165) is 29.0 Å². The first-order chi connectivity index (χ1) is 14.2. The second-order valence-electron chi connectivity index (χ2n) is 7.90. The number of carbonyl (C=O) groups is 1. The first-order valence-electron chi connectivity index (χ1n) is 10.4. The lowest BCUT2D eigenvalue weighted by atomic mass is 9.89. The normalized spacial score (nSPS) is 15.7. The van der Waals surface area contributed by atoms with E-state index in [9.17, 15) is 17.6 Å². The number of hydrogen-bond donors (Lipinski definition) is 1. The van der Waals surface area contributed by atoms with Crippen molar-refractivity contribution in [3.05, 3.63) is 65.0 Å². The van der Waals surface area contributed by atoms with E-state index in [1.54, 1.807) is 13.0 Å². The summed E-state index contributed by atoms with van der Waals surface area (Å²) in [5, 5.41) is 2.93. The molecule has 3 rings (SSSR count). The second-order valence-corrected chi connectivity index (χ2v) is 9.76. The van der Waals surface area contributed by atoms with Crippen LogP contribution >= 0.6 is 0 Å². The van der Waals surface area contributed by atoms with Crippen LogP contribution in [-0.2, 0) is 27.7 Å². The quantitative estimate of drug-likeness (QED) is 0.716. The topological polar surface area (TPSA) is 66.5 Å². The number of aryl methyl sites for hydroxylation is 2. The van der Waals surface area contributed by atoms with Gasteiger partial charge >= 0.3 is 0 Å². The molecule has 0 spiro atoms. The van der Waals surface area contributed by atoms with Gasteiger partial charge in [0.2, 0.25) is 15.9 Å². The number of anilines is 1. The molecule has 30 heavy (non-hydrogen) atoms. The van der Waals surface area contributed by atoms with Crippen LogP contribution in [-0.4, -0.2) is 26.6 Å². The van der Waals surface area contributed by atoms with Gasteiger partial charge in [-0.1, -0.05) is 37.3 Å². The Morgan fingerprint density at radius 3 is 2.43 bits per heavy atom. The maximum Gasteiger partial charge on any atom is 0.244 e. The number of rotatable bonds is 7. The average Bonchev–Trinajstić information content (AvgIpc) is 2.71. The minimum atomic E-state index is -3.88. The lowest BCUT2D eigenvalue weighted by Gasteiger charge is -2.31. The fourth-order valence-electron chi connectivity index (χ4n) is 4.08. The van der Waals surface area contributed by atoms with Crippen molar-refractivity contribution in [1.82, 2.24) is 5.32 Å². The molecule has 0 radical (unpaired) electrons. The van der Waals surface area contributed by atoms with Crippen molar-refractivity contribution in [3.63, 3.8) is 0 Å². The van der Waals surface area contributed by atoms with Crippen LogP contribution in [0.15, 0.2) is 42.5 Å². The van der Waals surface area contributed by atoms with Crippen molar-refractivity contribution in [1.29, 1.82) is 0 Å². The molecule has 1 N–H and O–H groups in total. The number of fused-ring (bicyclic) bond motifs is 1. The highest BCUT2D eigenvalue weighted by molar-refractivity contribution is 7.92. The van der Waals surface area contributed by atoms with Crippen LogP contribution in [0.25, 0.3) is 0 Å². The number of nitrogens with one attached hydrogen (secondary N) is 1. The Bertz CT molecular complexity index is 1020. The van der Waals surface area contributed by atoms with Crippen molar-refractivity contribution < 1.29 is 17.6 Å². The zero-order valence-corrected chi connectivity index (χ0v) is 18.5. The lowest BCUT2D eigenvalue weighted by molar-refractivity contribution is -0.122. The summed E-state index contributed by atoms with van der Waals surface area (Å²) >= 11 is 0. The number of nitrogens with zero attached hydrogens (tertiary/aromatic N) is 1. The van der Waals surface area contributed by atoms with Gasteiger partial charge in [-0.3, -0.25) is 9.10 Å². The van der Waals surface area contributed by atoms with Gasteiger partial charge in [0.05, 0.1) is 18.0 Å². The molecule has 2 aromatic rings. The van der Waals surface area contributed by atoms with Crippen molar-refractivity contribution in [3.8, 4) is 0 Å². The molecular weight excluding hydrogens is 403 g/mol. The van der Waals surface area contributed by atoms with Crippen LogP contribution < -0.4 is 9.62 Å². The Balaban J connectivity index is 1.85. The predicted molar refractivity (Wildman–Crippen MR) is 117 cm³/mol. The molecule has 0 saturated heterocycles. The molecule has 0 unspecified atom stereocenters. The second kappa shape index (κ2) is 9.16. The van der Waals surface area contributed by atoms with Crippen LogP contribution in [0.1, 0.15) is 55.8 Å². The maximum atomic E-state index is 14.4. The Morgan fingerprint density at radius 1 is 1.13 bits per heavy atom. The minimum absolute atomic E-state index is 0.122. The van der Waals surface area contributed by atoms with Gasteiger partial charge in [-0.2, -0.15) is 0 Å². The van der Waals surface area contributed by atoms with Crippen LogP contribution in [0.5, 0.6) is 0 Å². The van der Waals surface area contributed by atoms with E-state index in [2.05, 4.69) is 17.4 Å². The number of benzene rings is 2. The third-order valence-electron chi connectivity index (χ3n) is 5.65. The van der Waals surface area contributed by atoms with E-state index in [0.29, 0.717) is 0 Å². The Hall–Kier alpha value is -2.41. The molecule has 2 atom stereocenters. The smallest absolute Gasteiger partial charge is 0.244 e. The van der Waals surface area contributed by atoms with Gasteiger partial charge in [-0.25, -0.2) is 12.8 Å². The number of carbonyl (C=O) groups excluding carboxylic acids is 1. The maximum absolute atomic E-state index is 14.4. The van der Waals surface area contributed by atoms with Crippen LogP contribution in [0.4, 0.5) is 10.1 Å². The molecular formula is C23H29FN2O3S. The van der Waals surface area contributed by atoms with Gasteiger partial charge in [-0.15, -0.1) is 0 Å². The molecule has 0 fully saturated rings. The zero-order chi connectivity index (χ0) is 21.9. The summed E-state index contributed by atoms with van der Waals surface area (Å²) in [6.07, 6.45) is 5.69. The molecule has 1 aliphatic rings. The van der Waals surface area contributed by atoms with E-state index in [4.69, 9.17) is 0 Å². The summed E-state index contributed by atoms with van der Waals surface area (Å²) < 4.78 is 40.2. The molecule has 5 nitrogen and oxygen atoms in total. The summed E-state index contributed by atoms with van der Waals surface area (Å²) in [7, 11) is -3.88. The lowest BCUT2D eigenvalue weighted by Crippen LogP contribution is -2.50. The van der Waals surface area contributed by atoms with E-state index in [-0.39, 0.29) is 18.2 Å². The minimum Gasteiger partial charge on any atom is -0.348 e. The fourth-order valence-corrected chi connectivity index (χ4v) is 5.29. The highest BCUT2D eigenvalue weighted by Gasteiger charge is 2.33. The molecule has 2 aromatic carbocycles. The fraction of sp³-hybridized carbons (Fsp3) is 0.435. The highest BCUT2D eigenvalue weighted by atomic mass is 32.2. The summed E-state index contributed by atoms with van der Waals surface area (Å²) in [6, 6.07) is 10.5. The predicted octanol–water partition coefficient (Wildman–Crippen LogP) is 4.13. The zero-order valence-electron chi connectivity index (χ0n) is 17.7. The van der Waals surface area contributed by atoms with E-state index < -0.39 is 27.8 Å². The number of amides is 1. The Labute approximate surface area is 178 Å². The van der Waals surface area contributed by atoms with Gasteiger partial charge in [-0.05, 0) is 67.9 Å². The number of sulfonamides is 1. The summed E-state index contributed by atoms with van der Waals surface area (Å²) in [4.78, 5) is 13.1. The summed E-state index contributed by atoms with van der Waals surface area (Å²) in [5.41, 5.74) is 3.54. The Kier molecular flexibility index (Phi) is 6.81. The molecule has 162 valence electrons. The van der Waals surface area contributed by atoms with Gasteiger partial charge in [0.1, 0.15) is 11.9 Å². The van der Waals surface area contributed by atoms with E-state index >= 15 is 0 Å². The first-order valence-corrected chi connectivity index (χ1v) is 12.2. The average molecular weight is 433 g/mol. The number of halogens is 1. The molecule has 0 aliphatic heterocycles. The molecule has 0 bridgehead atoms. The molecule has 0 heterocycles. The van der Waals surface area contributed by atoms with Gasteiger partial charge < -0.3 is 5.32 Å².